The van der Waals surface area contributed by atoms with Gasteiger partial charge < -0.3 is 14.8 Å². The molecule has 2 aromatic rings. The smallest absolute Gasteiger partial charge is 0.340 e. The van der Waals surface area contributed by atoms with Gasteiger partial charge in [-0.3, -0.25) is 4.79 Å². The number of rotatable bonds is 6. The normalized spacial score (nSPS) is 11.5. The van der Waals surface area contributed by atoms with E-state index in [1.54, 1.807) is 38.1 Å². The molecule has 5 nitrogen and oxygen atoms in total. The first-order valence-electron chi connectivity index (χ1n) is 7.81. The van der Waals surface area contributed by atoms with Crippen LogP contribution in [-0.4, -0.2) is 24.6 Å². The van der Waals surface area contributed by atoms with E-state index in [2.05, 4.69) is 5.32 Å². The number of amides is 1. The fraction of sp³-hybridized carbons (Fsp3) is 0.263. The third kappa shape index (κ3) is 4.59. The standard InChI is InChI=1S/C19H21NO4/c1-4-23-19(22)16-7-5-6-8-17(16)20-18(21)14(3)24-15-11-9-13(2)10-12-15/h5-12,14H,4H2,1-3H3,(H,20,21)/t14-/m1/s1. The minimum atomic E-state index is -0.706. The number of nitrogens with one attached hydrogen (secondary N) is 1. The molecule has 1 atom stereocenters. The second-order valence-corrected chi connectivity index (χ2v) is 5.33. The summed E-state index contributed by atoms with van der Waals surface area (Å²) < 4.78 is 10.6. The number of benzene rings is 2. The largest absolute Gasteiger partial charge is 0.481 e. The molecule has 2 aromatic carbocycles. The van der Waals surface area contributed by atoms with Crippen LogP contribution >= 0.6 is 0 Å². The number of carbonyl (C=O) groups is 2. The summed E-state index contributed by atoms with van der Waals surface area (Å²) in [6, 6.07) is 14.2. The van der Waals surface area contributed by atoms with Gasteiger partial charge in [0.1, 0.15) is 5.75 Å². The first kappa shape index (κ1) is 17.5. The predicted octanol–water partition coefficient (Wildman–Crippen LogP) is 3.58. The number of anilines is 1. The highest BCUT2D eigenvalue weighted by Crippen LogP contribution is 2.18. The average molecular weight is 327 g/mol. The van der Waals surface area contributed by atoms with Gasteiger partial charge in [-0.15, -0.1) is 0 Å². The number of para-hydroxylation sites is 1. The molecule has 0 aliphatic heterocycles. The topological polar surface area (TPSA) is 64.6 Å². The van der Waals surface area contributed by atoms with Gasteiger partial charge in [-0.2, -0.15) is 0 Å². The van der Waals surface area contributed by atoms with Crippen molar-refractivity contribution in [3.8, 4) is 5.75 Å². The SMILES string of the molecule is CCOC(=O)c1ccccc1NC(=O)[C@@H](C)Oc1ccc(C)cc1. The fourth-order valence-electron chi connectivity index (χ4n) is 2.09. The molecule has 0 unspecified atom stereocenters. The van der Waals surface area contributed by atoms with E-state index in [-0.39, 0.29) is 12.5 Å². The van der Waals surface area contributed by atoms with E-state index in [0.717, 1.165) is 5.56 Å². The molecule has 0 fully saturated rings. The summed E-state index contributed by atoms with van der Waals surface area (Å²) in [5.74, 6) is -0.199. The predicted molar refractivity (Wildman–Crippen MR) is 92.3 cm³/mol. The van der Waals surface area contributed by atoms with Crippen molar-refractivity contribution < 1.29 is 19.1 Å². The van der Waals surface area contributed by atoms with E-state index in [1.807, 2.05) is 31.2 Å². The molecule has 0 heterocycles. The average Bonchev–Trinajstić information content (AvgIpc) is 2.57. The summed E-state index contributed by atoms with van der Waals surface area (Å²) in [5, 5.41) is 2.72. The van der Waals surface area contributed by atoms with E-state index >= 15 is 0 Å². The van der Waals surface area contributed by atoms with Crippen LogP contribution in [0.1, 0.15) is 29.8 Å². The highest BCUT2D eigenvalue weighted by molar-refractivity contribution is 6.02. The van der Waals surface area contributed by atoms with Gasteiger partial charge in [0.25, 0.3) is 5.91 Å². The number of ether oxygens (including phenoxy) is 2. The molecule has 0 radical (unpaired) electrons. The van der Waals surface area contributed by atoms with Crippen LogP contribution in [0.4, 0.5) is 5.69 Å². The number of esters is 1. The van der Waals surface area contributed by atoms with Gasteiger partial charge in [0, 0.05) is 0 Å². The highest BCUT2D eigenvalue weighted by Gasteiger charge is 2.18. The van der Waals surface area contributed by atoms with Crippen LogP contribution < -0.4 is 10.1 Å². The van der Waals surface area contributed by atoms with E-state index < -0.39 is 12.1 Å². The maximum Gasteiger partial charge on any atom is 0.340 e. The molecule has 0 aliphatic carbocycles. The van der Waals surface area contributed by atoms with Crippen molar-refractivity contribution in [2.75, 3.05) is 11.9 Å². The van der Waals surface area contributed by atoms with E-state index in [4.69, 9.17) is 9.47 Å². The van der Waals surface area contributed by atoms with Crippen molar-refractivity contribution in [3.63, 3.8) is 0 Å². The second-order valence-electron chi connectivity index (χ2n) is 5.33. The fourth-order valence-corrected chi connectivity index (χ4v) is 2.09. The molecular formula is C19H21NO4. The Hall–Kier alpha value is -2.82. The molecule has 0 aromatic heterocycles. The van der Waals surface area contributed by atoms with Crippen LogP contribution in [0.15, 0.2) is 48.5 Å². The lowest BCUT2D eigenvalue weighted by Gasteiger charge is -2.16. The van der Waals surface area contributed by atoms with E-state index in [0.29, 0.717) is 17.0 Å². The zero-order valence-corrected chi connectivity index (χ0v) is 14.0. The molecular weight excluding hydrogens is 306 g/mol. The zero-order chi connectivity index (χ0) is 17.5. The van der Waals surface area contributed by atoms with Crippen molar-refractivity contribution in [3.05, 3.63) is 59.7 Å². The molecule has 5 heteroatoms. The maximum atomic E-state index is 12.3. The third-order valence-electron chi connectivity index (χ3n) is 3.38. The lowest BCUT2D eigenvalue weighted by molar-refractivity contribution is -0.122. The summed E-state index contributed by atoms with van der Waals surface area (Å²) in [4.78, 5) is 24.3. The summed E-state index contributed by atoms with van der Waals surface area (Å²) in [6.07, 6.45) is -0.706. The molecule has 1 amide bonds. The Morgan fingerprint density at radius 3 is 2.42 bits per heavy atom. The first-order valence-corrected chi connectivity index (χ1v) is 7.81. The number of aryl methyl sites for hydroxylation is 1. The molecule has 0 aliphatic rings. The molecule has 0 spiro atoms. The van der Waals surface area contributed by atoms with Crippen LogP contribution in [0.2, 0.25) is 0 Å². The zero-order valence-electron chi connectivity index (χ0n) is 14.0. The molecule has 0 saturated heterocycles. The van der Waals surface area contributed by atoms with E-state index in [1.165, 1.54) is 0 Å². The van der Waals surface area contributed by atoms with Crippen LogP contribution in [-0.2, 0) is 9.53 Å². The van der Waals surface area contributed by atoms with Gasteiger partial charge >= 0.3 is 5.97 Å². The molecule has 126 valence electrons. The Bertz CT molecular complexity index is 710. The molecule has 0 saturated carbocycles. The maximum absolute atomic E-state index is 12.3. The Kier molecular flexibility index (Phi) is 5.95. The number of hydrogen-bond acceptors (Lipinski definition) is 4. The van der Waals surface area contributed by atoms with Crippen LogP contribution in [0, 0.1) is 6.92 Å². The van der Waals surface area contributed by atoms with Crippen molar-refractivity contribution >= 4 is 17.6 Å². The monoisotopic (exact) mass is 327 g/mol. The van der Waals surface area contributed by atoms with Gasteiger partial charge in [0.15, 0.2) is 6.10 Å². The Morgan fingerprint density at radius 1 is 1.08 bits per heavy atom. The lowest BCUT2D eigenvalue weighted by atomic mass is 10.1. The second kappa shape index (κ2) is 8.15. The van der Waals surface area contributed by atoms with E-state index in [9.17, 15) is 9.59 Å². The molecule has 24 heavy (non-hydrogen) atoms. The highest BCUT2D eigenvalue weighted by atomic mass is 16.5. The van der Waals surface area contributed by atoms with Gasteiger partial charge in [-0.1, -0.05) is 29.8 Å². The van der Waals surface area contributed by atoms with Gasteiger partial charge in [0.2, 0.25) is 0 Å². The van der Waals surface area contributed by atoms with Gasteiger partial charge in [-0.05, 0) is 45.0 Å². The van der Waals surface area contributed by atoms with Crippen molar-refractivity contribution in [2.45, 2.75) is 26.9 Å². The third-order valence-corrected chi connectivity index (χ3v) is 3.38. The molecule has 1 N–H and O–H groups in total. The van der Waals surface area contributed by atoms with Gasteiger partial charge in [0.05, 0.1) is 17.9 Å². The first-order chi connectivity index (χ1) is 11.5. The lowest BCUT2D eigenvalue weighted by Crippen LogP contribution is -2.30. The summed E-state index contributed by atoms with van der Waals surface area (Å²) in [7, 11) is 0. The molecule has 2 rings (SSSR count). The summed E-state index contributed by atoms with van der Waals surface area (Å²) in [6.45, 7) is 5.64. The van der Waals surface area contributed by atoms with Crippen molar-refractivity contribution in [2.24, 2.45) is 0 Å². The quantitative estimate of drug-likeness (QED) is 0.824. The summed E-state index contributed by atoms with van der Waals surface area (Å²) >= 11 is 0. The van der Waals surface area contributed by atoms with Crippen LogP contribution in [0.25, 0.3) is 0 Å². The van der Waals surface area contributed by atoms with Crippen LogP contribution in [0.5, 0.6) is 5.75 Å². The molecule has 0 bridgehead atoms. The number of hydrogen-bond donors (Lipinski definition) is 1. The van der Waals surface area contributed by atoms with Crippen LogP contribution in [0.3, 0.4) is 0 Å². The summed E-state index contributed by atoms with van der Waals surface area (Å²) in [5.41, 5.74) is 1.83. The Labute approximate surface area is 141 Å². The van der Waals surface area contributed by atoms with Crippen molar-refractivity contribution in [1.29, 1.82) is 0 Å². The van der Waals surface area contributed by atoms with Crippen molar-refractivity contribution in [1.82, 2.24) is 0 Å². The minimum absolute atomic E-state index is 0.272. The Morgan fingerprint density at radius 2 is 1.75 bits per heavy atom. The van der Waals surface area contributed by atoms with Gasteiger partial charge in [-0.25, -0.2) is 4.79 Å². The minimum Gasteiger partial charge on any atom is -0.481 e. The number of carbonyl (C=O) groups excluding carboxylic acids is 2. The Balaban J connectivity index is 2.06.